The molecule has 1 aliphatic heterocycles. The van der Waals surface area contributed by atoms with Crippen molar-refractivity contribution in [2.45, 2.75) is 90.2 Å². The Balaban J connectivity index is 0.00000301. The molecule has 1 heterocycles. The highest BCUT2D eigenvalue weighted by atomic mass is 32.2. The van der Waals surface area contributed by atoms with E-state index in [1.807, 2.05) is 38.1 Å². The molecule has 0 bridgehead atoms. The number of carbonyl (C=O) groups excluding carboxylic acids is 3. The van der Waals surface area contributed by atoms with E-state index in [1.54, 1.807) is 26.0 Å². The van der Waals surface area contributed by atoms with Crippen LogP contribution in [0, 0.1) is 0 Å². The number of benzene rings is 2. The maximum absolute atomic E-state index is 12.8. The lowest BCUT2D eigenvalue weighted by atomic mass is 9.87. The van der Waals surface area contributed by atoms with Gasteiger partial charge in [0.15, 0.2) is 5.96 Å². The molecule has 2 aromatic rings. The fourth-order valence-corrected chi connectivity index (χ4v) is 4.57. The monoisotopic (exact) mass is 597 g/mol. The van der Waals surface area contributed by atoms with Gasteiger partial charge in [-0.3, -0.25) is 24.7 Å². The van der Waals surface area contributed by atoms with Crippen LogP contribution in [0.3, 0.4) is 0 Å². The van der Waals surface area contributed by atoms with Crippen molar-refractivity contribution < 1.29 is 19.1 Å². The second-order valence-corrected chi connectivity index (χ2v) is 11.9. The van der Waals surface area contributed by atoms with Gasteiger partial charge in [0.2, 0.25) is 5.91 Å². The minimum Gasteiger partial charge on any atom is -0.462 e. The van der Waals surface area contributed by atoms with E-state index in [9.17, 15) is 14.4 Å². The zero-order chi connectivity index (χ0) is 31.1. The van der Waals surface area contributed by atoms with Crippen molar-refractivity contribution in [3.8, 4) is 0 Å². The molecule has 1 unspecified atom stereocenters. The van der Waals surface area contributed by atoms with Gasteiger partial charge in [-0.15, -0.1) is 0 Å². The van der Waals surface area contributed by atoms with Crippen LogP contribution in [-0.2, 0) is 26.2 Å². The molecule has 10 heteroatoms. The molecular formula is C32H47N5O4S. The molecule has 42 heavy (non-hydrogen) atoms. The Labute approximate surface area is 255 Å². The van der Waals surface area contributed by atoms with Gasteiger partial charge in [-0.05, 0) is 79.4 Å². The minimum absolute atomic E-state index is 0.0549. The molecule has 1 aliphatic rings. The second-order valence-electron chi connectivity index (χ2n) is 11.0. The van der Waals surface area contributed by atoms with Gasteiger partial charge in [0.1, 0.15) is 6.04 Å². The van der Waals surface area contributed by atoms with E-state index >= 15 is 0 Å². The summed E-state index contributed by atoms with van der Waals surface area (Å²) in [5.74, 6) is -0.304. The van der Waals surface area contributed by atoms with Gasteiger partial charge in [0.25, 0.3) is 5.91 Å². The summed E-state index contributed by atoms with van der Waals surface area (Å²) in [6, 6.07) is 14.5. The second kappa shape index (κ2) is 17.6. The molecule has 2 aromatic carbocycles. The molecule has 0 spiro atoms. The Morgan fingerprint density at radius 3 is 2.26 bits per heavy atom. The van der Waals surface area contributed by atoms with Crippen molar-refractivity contribution in [2.24, 2.45) is 4.99 Å². The highest BCUT2D eigenvalue weighted by molar-refractivity contribution is 7.97. The molecule has 9 nitrogen and oxygen atoms in total. The molecule has 2 amide bonds. The largest absolute Gasteiger partial charge is 0.462 e. The molecule has 0 aromatic heterocycles. The third-order valence-electron chi connectivity index (χ3n) is 6.15. The SMILES string of the molecule is CC.CC(C)OC(=O)C(CNC(=O)c1ccc(CCC(=O)NC2=NCCCN2)cc1)NSc1ccc(C(C)(C)C)cc1. The smallest absolute Gasteiger partial charge is 0.326 e. The average molecular weight is 598 g/mol. The van der Waals surface area contributed by atoms with Crippen LogP contribution in [0.5, 0.6) is 0 Å². The van der Waals surface area contributed by atoms with Crippen LogP contribution in [-0.4, -0.2) is 55.5 Å². The van der Waals surface area contributed by atoms with Crippen molar-refractivity contribution in [3.05, 3.63) is 65.2 Å². The van der Waals surface area contributed by atoms with Crippen molar-refractivity contribution in [1.29, 1.82) is 0 Å². The Hall–Kier alpha value is -3.37. The molecule has 0 aliphatic carbocycles. The van der Waals surface area contributed by atoms with Crippen molar-refractivity contribution >= 4 is 35.7 Å². The number of carbonyl (C=O) groups is 3. The normalized spacial score (nSPS) is 13.6. The molecule has 0 radical (unpaired) electrons. The number of rotatable bonds is 11. The average Bonchev–Trinajstić information content (AvgIpc) is 2.97. The molecule has 230 valence electrons. The van der Waals surface area contributed by atoms with E-state index in [-0.39, 0.29) is 29.9 Å². The van der Waals surface area contributed by atoms with Crippen LogP contribution >= 0.6 is 11.9 Å². The number of hydrogen-bond acceptors (Lipinski definition) is 8. The maximum atomic E-state index is 12.8. The Morgan fingerprint density at radius 2 is 1.69 bits per heavy atom. The first-order valence-electron chi connectivity index (χ1n) is 14.7. The van der Waals surface area contributed by atoms with Gasteiger partial charge in [-0.25, -0.2) is 4.72 Å². The zero-order valence-electron chi connectivity index (χ0n) is 26.0. The summed E-state index contributed by atoms with van der Waals surface area (Å²) in [4.78, 5) is 42.9. The predicted molar refractivity (Wildman–Crippen MR) is 171 cm³/mol. The number of aryl methyl sites for hydroxylation is 1. The first-order valence-corrected chi connectivity index (χ1v) is 15.5. The summed E-state index contributed by atoms with van der Waals surface area (Å²) in [6.45, 7) is 15.6. The van der Waals surface area contributed by atoms with Gasteiger partial charge in [0.05, 0.1) is 6.10 Å². The van der Waals surface area contributed by atoms with Crippen molar-refractivity contribution in [3.63, 3.8) is 0 Å². The van der Waals surface area contributed by atoms with Crippen LogP contribution < -0.4 is 20.7 Å². The predicted octanol–water partition coefficient (Wildman–Crippen LogP) is 4.76. The van der Waals surface area contributed by atoms with Crippen LogP contribution in [0.25, 0.3) is 0 Å². The Kier molecular flexibility index (Phi) is 14.6. The summed E-state index contributed by atoms with van der Waals surface area (Å²) in [5.41, 5.74) is 2.69. The van der Waals surface area contributed by atoms with E-state index in [0.717, 1.165) is 23.4 Å². The summed E-state index contributed by atoms with van der Waals surface area (Å²) < 4.78 is 8.55. The topological polar surface area (TPSA) is 121 Å². The maximum Gasteiger partial charge on any atom is 0.326 e. The van der Waals surface area contributed by atoms with Gasteiger partial charge in [-0.2, -0.15) is 0 Å². The van der Waals surface area contributed by atoms with Gasteiger partial charge in [0, 0.05) is 36.5 Å². The number of nitrogens with zero attached hydrogens (tertiary/aromatic N) is 1. The van der Waals surface area contributed by atoms with Crippen LogP contribution in [0.2, 0.25) is 0 Å². The first-order chi connectivity index (χ1) is 20.0. The fraction of sp³-hybridized carbons (Fsp3) is 0.500. The third kappa shape index (κ3) is 12.2. The van der Waals surface area contributed by atoms with E-state index in [1.165, 1.54) is 17.5 Å². The van der Waals surface area contributed by atoms with E-state index in [0.29, 0.717) is 30.9 Å². The fourth-order valence-electron chi connectivity index (χ4n) is 3.84. The van der Waals surface area contributed by atoms with Crippen LogP contribution in [0.15, 0.2) is 58.4 Å². The molecule has 1 atom stereocenters. The van der Waals surface area contributed by atoms with Crippen LogP contribution in [0.4, 0.5) is 0 Å². The lowest BCUT2D eigenvalue weighted by Gasteiger charge is -2.20. The quantitative estimate of drug-likeness (QED) is 0.218. The summed E-state index contributed by atoms with van der Waals surface area (Å²) in [7, 11) is 0. The van der Waals surface area contributed by atoms with E-state index < -0.39 is 12.0 Å². The van der Waals surface area contributed by atoms with E-state index in [4.69, 9.17) is 4.74 Å². The number of aliphatic imine (C=N–C) groups is 1. The Bertz CT molecular complexity index is 1170. The number of guanidine groups is 1. The lowest BCUT2D eigenvalue weighted by molar-refractivity contribution is -0.149. The van der Waals surface area contributed by atoms with Gasteiger partial charge in [-0.1, -0.05) is 58.9 Å². The molecule has 0 saturated carbocycles. The molecular weight excluding hydrogens is 550 g/mol. The summed E-state index contributed by atoms with van der Waals surface area (Å²) >= 11 is 1.33. The highest BCUT2D eigenvalue weighted by Gasteiger charge is 2.23. The third-order valence-corrected chi connectivity index (χ3v) is 7.06. The van der Waals surface area contributed by atoms with Gasteiger partial charge < -0.3 is 15.4 Å². The zero-order valence-corrected chi connectivity index (χ0v) is 26.8. The molecule has 4 N–H and O–H groups in total. The number of nitrogens with one attached hydrogen (secondary N) is 4. The number of amides is 2. The minimum atomic E-state index is -0.736. The van der Waals surface area contributed by atoms with Crippen LogP contribution in [0.1, 0.15) is 82.8 Å². The standard InChI is InChI=1S/C30H41N5O4S.C2H6/c1-20(2)39-28(38)25(35-40-24-14-12-23(13-15-24)30(3,4)5)19-33-27(37)22-10-7-21(8-11-22)9-16-26(36)34-29-31-17-6-18-32-29;1-2/h7-8,10-15,20,25,35H,6,9,16-19H2,1-5H3,(H,33,37)(H2,31,32,34,36);1-2H3. The van der Waals surface area contributed by atoms with E-state index in [2.05, 4.69) is 58.6 Å². The van der Waals surface area contributed by atoms with Crippen molar-refractivity contribution in [1.82, 2.24) is 20.7 Å². The lowest BCUT2D eigenvalue weighted by Crippen LogP contribution is -2.45. The number of hydrogen-bond donors (Lipinski definition) is 4. The molecule has 0 fully saturated rings. The summed E-state index contributed by atoms with van der Waals surface area (Å²) in [5, 5.41) is 8.69. The summed E-state index contributed by atoms with van der Waals surface area (Å²) in [6.07, 6.45) is 1.55. The molecule has 3 rings (SSSR count). The number of ether oxygens (including phenoxy) is 1. The first kappa shape index (κ1) is 34.8. The van der Waals surface area contributed by atoms with Crippen molar-refractivity contribution in [2.75, 3.05) is 19.6 Å². The molecule has 0 saturated heterocycles. The number of esters is 1. The van der Waals surface area contributed by atoms with Gasteiger partial charge >= 0.3 is 5.97 Å². The Morgan fingerprint density at radius 1 is 1.02 bits per heavy atom. The highest BCUT2D eigenvalue weighted by Crippen LogP contribution is 2.25.